The Kier molecular flexibility index (Phi) is 3.60. The molecule has 0 spiro atoms. The summed E-state index contributed by atoms with van der Waals surface area (Å²) in [5.41, 5.74) is 2.16. The zero-order valence-electron chi connectivity index (χ0n) is 12.1. The van der Waals surface area contributed by atoms with E-state index in [4.69, 9.17) is 9.47 Å². The van der Waals surface area contributed by atoms with Crippen molar-refractivity contribution in [3.63, 3.8) is 0 Å². The van der Waals surface area contributed by atoms with Gasteiger partial charge in [-0.25, -0.2) is 0 Å². The molecule has 2 aliphatic heterocycles. The first kappa shape index (κ1) is 13.8. The number of carbonyl (C=O) groups excluding carboxylic acids is 1. The number of rotatable bonds is 3. The van der Waals surface area contributed by atoms with Gasteiger partial charge < -0.3 is 14.8 Å². The van der Waals surface area contributed by atoms with Gasteiger partial charge in [0.25, 0.3) is 5.91 Å². The highest BCUT2D eigenvalue weighted by Gasteiger charge is 2.23. The second-order valence-electron chi connectivity index (χ2n) is 5.59. The Labute approximate surface area is 133 Å². The third kappa shape index (κ3) is 2.51. The van der Waals surface area contributed by atoms with E-state index in [9.17, 15) is 4.79 Å². The average Bonchev–Trinajstić information content (AvgIpc) is 3.21. The second-order valence-corrected chi connectivity index (χ2v) is 6.65. The van der Waals surface area contributed by atoms with Crippen molar-refractivity contribution in [2.75, 3.05) is 13.2 Å². The molecule has 4 nitrogen and oxygen atoms in total. The summed E-state index contributed by atoms with van der Waals surface area (Å²) in [4.78, 5) is 14.2. The molecule has 3 heterocycles. The van der Waals surface area contributed by atoms with E-state index in [-0.39, 0.29) is 12.0 Å². The molecule has 0 bridgehead atoms. The molecule has 1 fully saturated rings. The molecule has 1 amide bonds. The predicted molar refractivity (Wildman–Crippen MR) is 85.4 cm³/mol. The summed E-state index contributed by atoms with van der Waals surface area (Å²) in [6, 6.07) is 9.91. The molecule has 1 saturated heterocycles. The third-order valence-electron chi connectivity index (χ3n) is 4.06. The van der Waals surface area contributed by atoms with Crippen LogP contribution in [-0.4, -0.2) is 25.2 Å². The molecule has 2 aliphatic rings. The van der Waals surface area contributed by atoms with Crippen molar-refractivity contribution in [2.45, 2.75) is 25.6 Å². The normalized spacial score (nSPS) is 19.2. The standard InChI is InChI=1S/C17H17NO3S/c19-17(18-9-12-4-3-7-20-12)15-8-11-10-21-14-6-2-1-5-13(14)16(11)22-15/h1-2,5-6,8,12H,3-4,7,9-10H2,(H,18,19). The molecule has 1 aromatic heterocycles. The Morgan fingerprint density at radius 1 is 1.36 bits per heavy atom. The fourth-order valence-electron chi connectivity index (χ4n) is 2.91. The first-order chi connectivity index (χ1) is 10.8. The lowest BCUT2D eigenvalue weighted by molar-refractivity contribution is 0.0861. The summed E-state index contributed by atoms with van der Waals surface area (Å²) in [5.74, 6) is 0.871. The van der Waals surface area contributed by atoms with Crippen molar-refractivity contribution in [2.24, 2.45) is 0 Å². The number of benzene rings is 1. The molecule has 1 aromatic carbocycles. The van der Waals surface area contributed by atoms with Gasteiger partial charge in [0.15, 0.2) is 0 Å². The Hall–Kier alpha value is -1.85. The molecule has 2 aromatic rings. The third-order valence-corrected chi connectivity index (χ3v) is 5.27. The largest absolute Gasteiger partial charge is 0.488 e. The summed E-state index contributed by atoms with van der Waals surface area (Å²) >= 11 is 1.54. The minimum Gasteiger partial charge on any atom is -0.488 e. The maximum absolute atomic E-state index is 12.3. The highest BCUT2D eigenvalue weighted by Crippen LogP contribution is 2.42. The van der Waals surface area contributed by atoms with Crippen LogP contribution in [0.4, 0.5) is 0 Å². The van der Waals surface area contributed by atoms with Crippen molar-refractivity contribution < 1.29 is 14.3 Å². The zero-order valence-corrected chi connectivity index (χ0v) is 12.9. The van der Waals surface area contributed by atoms with E-state index in [0.29, 0.717) is 13.2 Å². The molecule has 5 heteroatoms. The van der Waals surface area contributed by atoms with Gasteiger partial charge in [0.1, 0.15) is 12.4 Å². The molecule has 1 atom stereocenters. The van der Waals surface area contributed by atoms with Gasteiger partial charge in [-0.3, -0.25) is 4.79 Å². The van der Waals surface area contributed by atoms with Crippen LogP contribution in [0.25, 0.3) is 10.4 Å². The van der Waals surface area contributed by atoms with E-state index >= 15 is 0 Å². The topological polar surface area (TPSA) is 47.6 Å². The summed E-state index contributed by atoms with van der Waals surface area (Å²) in [6.07, 6.45) is 2.28. The van der Waals surface area contributed by atoms with Gasteiger partial charge in [0.2, 0.25) is 0 Å². The lowest BCUT2D eigenvalue weighted by atomic mass is 10.1. The lowest BCUT2D eigenvalue weighted by Gasteiger charge is -2.16. The van der Waals surface area contributed by atoms with Gasteiger partial charge in [-0.1, -0.05) is 12.1 Å². The van der Waals surface area contributed by atoms with Crippen LogP contribution in [-0.2, 0) is 11.3 Å². The van der Waals surface area contributed by atoms with Crippen LogP contribution >= 0.6 is 11.3 Å². The lowest BCUT2D eigenvalue weighted by Crippen LogP contribution is -2.31. The number of ether oxygens (including phenoxy) is 2. The number of hydrogen-bond acceptors (Lipinski definition) is 4. The smallest absolute Gasteiger partial charge is 0.261 e. The Bertz CT molecular complexity index is 704. The molecule has 1 unspecified atom stereocenters. The van der Waals surface area contributed by atoms with Crippen molar-refractivity contribution in [1.82, 2.24) is 5.32 Å². The van der Waals surface area contributed by atoms with Gasteiger partial charge >= 0.3 is 0 Å². The Morgan fingerprint density at radius 3 is 3.14 bits per heavy atom. The van der Waals surface area contributed by atoms with Crippen LogP contribution in [0.15, 0.2) is 30.3 Å². The van der Waals surface area contributed by atoms with E-state index in [2.05, 4.69) is 5.32 Å². The van der Waals surface area contributed by atoms with Crippen molar-refractivity contribution >= 4 is 17.2 Å². The van der Waals surface area contributed by atoms with Gasteiger partial charge in [-0.2, -0.15) is 0 Å². The van der Waals surface area contributed by atoms with Crippen LogP contribution < -0.4 is 10.1 Å². The Morgan fingerprint density at radius 2 is 2.27 bits per heavy atom. The number of carbonyl (C=O) groups is 1. The number of thiophene rings is 1. The summed E-state index contributed by atoms with van der Waals surface area (Å²) in [7, 11) is 0. The maximum atomic E-state index is 12.3. The SMILES string of the molecule is O=C(NCC1CCCO1)c1cc2c(s1)-c1ccccc1OC2. The molecule has 114 valence electrons. The van der Waals surface area contributed by atoms with Crippen molar-refractivity contribution in [3.05, 3.63) is 40.8 Å². The zero-order chi connectivity index (χ0) is 14.9. The fourth-order valence-corrected chi connectivity index (χ4v) is 4.02. The highest BCUT2D eigenvalue weighted by atomic mass is 32.1. The van der Waals surface area contributed by atoms with Gasteiger partial charge in [-0.15, -0.1) is 11.3 Å². The molecular formula is C17H17NO3S. The van der Waals surface area contributed by atoms with Crippen LogP contribution in [0.3, 0.4) is 0 Å². The molecule has 4 rings (SSSR count). The number of para-hydroxylation sites is 1. The van der Waals surface area contributed by atoms with Crippen molar-refractivity contribution in [3.8, 4) is 16.2 Å². The molecule has 1 N–H and O–H groups in total. The highest BCUT2D eigenvalue weighted by molar-refractivity contribution is 7.17. The average molecular weight is 315 g/mol. The molecule has 22 heavy (non-hydrogen) atoms. The first-order valence-electron chi connectivity index (χ1n) is 7.56. The van der Waals surface area contributed by atoms with Crippen LogP contribution in [0.2, 0.25) is 0 Å². The fraction of sp³-hybridized carbons (Fsp3) is 0.353. The van der Waals surface area contributed by atoms with E-state index in [0.717, 1.165) is 46.1 Å². The minimum atomic E-state index is -0.0209. The number of amides is 1. The first-order valence-corrected chi connectivity index (χ1v) is 8.37. The monoisotopic (exact) mass is 315 g/mol. The van der Waals surface area contributed by atoms with E-state index < -0.39 is 0 Å². The molecule has 0 radical (unpaired) electrons. The maximum Gasteiger partial charge on any atom is 0.261 e. The van der Waals surface area contributed by atoms with E-state index in [1.165, 1.54) is 11.3 Å². The molecule has 0 saturated carbocycles. The van der Waals surface area contributed by atoms with Crippen LogP contribution in [0.5, 0.6) is 5.75 Å². The van der Waals surface area contributed by atoms with Gasteiger partial charge in [0.05, 0.1) is 11.0 Å². The second kappa shape index (κ2) is 5.74. The number of nitrogens with one attached hydrogen (secondary N) is 1. The van der Waals surface area contributed by atoms with E-state index in [1.807, 2.05) is 30.3 Å². The Balaban J connectivity index is 1.52. The molecule has 0 aliphatic carbocycles. The summed E-state index contributed by atoms with van der Waals surface area (Å²) in [5, 5.41) is 2.98. The molecular weight excluding hydrogens is 298 g/mol. The predicted octanol–water partition coefficient (Wildman–Crippen LogP) is 3.22. The van der Waals surface area contributed by atoms with Crippen molar-refractivity contribution in [1.29, 1.82) is 0 Å². The van der Waals surface area contributed by atoms with Crippen LogP contribution in [0, 0.1) is 0 Å². The number of fused-ring (bicyclic) bond motifs is 3. The van der Waals surface area contributed by atoms with E-state index in [1.54, 1.807) is 0 Å². The van der Waals surface area contributed by atoms with Gasteiger partial charge in [-0.05, 0) is 31.0 Å². The minimum absolute atomic E-state index is 0.0209. The quantitative estimate of drug-likeness (QED) is 0.946. The van der Waals surface area contributed by atoms with Crippen LogP contribution in [0.1, 0.15) is 28.1 Å². The summed E-state index contributed by atoms with van der Waals surface area (Å²) < 4.78 is 11.3. The summed E-state index contributed by atoms with van der Waals surface area (Å²) in [6.45, 7) is 1.93. The number of hydrogen-bond donors (Lipinski definition) is 1. The van der Waals surface area contributed by atoms with Gasteiger partial charge in [0, 0.05) is 29.2 Å².